The number of nitrogens with zero attached hydrogens (tertiary/aromatic N) is 1. The zero-order chi connectivity index (χ0) is 32.6. The summed E-state index contributed by atoms with van der Waals surface area (Å²) in [5, 5.41) is 7.77. The van der Waals surface area contributed by atoms with Crippen LogP contribution in [0.3, 0.4) is 0 Å². The second-order valence-electron chi connectivity index (χ2n) is 13.6. The normalized spacial score (nSPS) is 14.1. The highest BCUT2D eigenvalue weighted by atomic mass is 32.2. The predicted octanol–water partition coefficient (Wildman–Crippen LogP) is 13.1. The van der Waals surface area contributed by atoms with E-state index in [-0.39, 0.29) is 0 Å². The van der Waals surface area contributed by atoms with Crippen LogP contribution in [0.1, 0.15) is 22.3 Å². The fourth-order valence-corrected chi connectivity index (χ4v) is 11.6. The fraction of sp³-hybridized carbons (Fsp3) is 0.0213. The highest BCUT2D eigenvalue weighted by molar-refractivity contribution is 7.99. The molecule has 0 atom stereocenters. The van der Waals surface area contributed by atoms with Crippen LogP contribution in [-0.2, 0) is 5.41 Å². The number of hydrogen-bond donors (Lipinski definition) is 0. The molecule has 0 fully saturated rings. The first-order valence-corrected chi connectivity index (χ1v) is 18.8. The van der Waals surface area contributed by atoms with E-state index in [1.165, 1.54) is 102 Å². The van der Waals surface area contributed by atoms with Crippen LogP contribution in [0.25, 0.3) is 69.6 Å². The van der Waals surface area contributed by atoms with E-state index in [2.05, 4.69) is 168 Å². The standard InChI is InChI=1S/C47H27NS2/c1-2-12-30-28(11-1)21-23-35-36-26-40-45(27-41(36)48(46(30)35)29-22-24-34-33-15-5-9-19-42(33)49-44(34)25-29)50-43-20-10-8-18-39(43)47(40)37-16-6-3-13-31(37)32-14-4-7-17-38(32)47/h1-27H. The summed E-state index contributed by atoms with van der Waals surface area (Å²) in [6, 6.07) is 61.7. The lowest BCUT2D eigenvalue weighted by Gasteiger charge is -2.39. The van der Waals surface area contributed by atoms with E-state index in [4.69, 9.17) is 0 Å². The summed E-state index contributed by atoms with van der Waals surface area (Å²) in [5.74, 6) is 0. The molecule has 0 saturated heterocycles. The van der Waals surface area contributed by atoms with Gasteiger partial charge >= 0.3 is 0 Å². The van der Waals surface area contributed by atoms with Gasteiger partial charge in [-0.1, -0.05) is 139 Å². The molecular formula is C47H27NS2. The van der Waals surface area contributed by atoms with Crippen molar-refractivity contribution in [3.63, 3.8) is 0 Å². The van der Waals surface area contributed by atoms with Crippen molar-refractivity contribution < 1.29 is 0 Å². The average Bonchev–Trinajstić information content (AvgIpc) is 3.80. The van der Waals surface area contributed by atoms with Crippen molar-refractivity contribution in [3.05, 3.63) is 186 Å². The van der Waals surface area contributed by atoms with Gasteiger partial charge < -0.3 is 4.57 Å². The van der Waals surface area contributed by atoms with Gasteiger partial charge in [0.25, 0.3) is 0 Å². The third-order valence-corrected chi connectivity index (χ3v) is 13.5. The van der Waals surface area contributed by atoms with E-state index in [0.29, 0.717) is 0 Å². The van der Waals surface area contributed by atoms with Gasteiger partial charge in [0.15, 0.2) is 0 Å². The van der Waals surface area contributed by atoms with Crippen molar-refractivity contribution in [1.82, 2.24) is 4.57 Å². The maximum Gasteiger partial charge on any atom is 0.0735 e. The first kappa shape index (κ1) is 27.2. The van der Waals surface area contributed by atoms with Crippen LogP contribution in [0.5, 0.6) is 0 Å². The molecule has 0 unspecified atom stereocenters. The Kier molecular flexibility index (Phi) is 5.32. The van der Waals surface area contributed by atoms with Crippen molar-refractivity contribution in [2.24, 2.45) is 0 Å². The summed E-state index contributed by atoms with van der Waals surface area (Å²) in [7, 11) is 0. The molecule has 2 aromatic heterocycles. The number of aromatic nitrogens is 1. The second-order valence-corrected chi connectivity index (χ2v) is 15.8. The van der Waals surface area contributed by atoms with Gasteiger partial charge in [-0.25, -0.2) is 0 Å². The van der Waals surface area contributed by atoms with Crippen LogP contribution in [0, 0.1) is 0 Å². The topological polar surface area (TPSA) is 4.93 Å². The van der Waals surface area contributed by atoms with Gasteiger partial charge in [-0.2, -0.15) is 0 Å². The van der Waals surface area contributed by atoms with E-state index in [9.17, 15) is 0 Å². The molecule has 50 heavy (non-hydrogen) atoms. The van der Waals surface area contributed by atoms with Gasteiger partial charge in [0, 0.05) is 51.8 Å². The predicted molar refractivity (Wildman–Crippen MR) is 213 cm³/mol. The van der Waals surface area contributed by atoms with Crippen LogP contribution in [0.4, 0.5) is 0 Å². The molecular weight excluding hydrogens is 643 g/mol. The van der Waals surface area contributed by atoms with Crippen LogP contribution in [0.2, 0.25) is 0 Å². The fourth-order valence-electron chi connectivity index (χ4n) is 9.25. The Morgan fingerprint density at radius 2 is 1.08 bits per heavy atom. The van der Waals surface area contributed by atoms with Crippen LogP contribution < -0.4 is 0 Å². The minimum atomic E-state index is -0.403. The van der Waals surface area contributed by atoms with E-state index in [0.717, 1.165) is 0 Å². The highest BCUT2D eigenvalue weighted by Crippen LogP contribution is 2.62. The van der Waals surface area contributed by atoms with Crippen LogP contribution >= 0.6 is 23.1 Å². The number of fused-ring (bicyclic) bond motifs is 17. The number of thiophene rings is 1. The molecule has 0 amide bonds. The van der Waals surface area contributed by atoms with E-state index in [1.54, 1.807) is 0 Å². The molecule has 1 aliphatic heterocycles. The molecule has 232 valence electrons. The summed E-state index contributed by atoms with van der Waals surface area (Å²) in [5.41, 5.74) is 11.5. The minimum Gasteiger partial charge on any atom is -0.309 e. The molecule has 0 saturated carbocycles. The molecule has 0 N–H and O–H groups in total. The van der Waals surface area contributed by atoms with E-state index < -0.39 is 5.41 Å². The molecule has 12 rings (SSSR count). The van der Waals surface area contributed by atoms with Crippen molar-refractivity contribution in [2.45, 2.75) is 15.2 Å². The minimum absolute atomic E-state index is 0.403. The van der Waals surface area contributed by atoms with Crippen LogP contribution in [-0.4, -0.2) is 4.57 Å². The lowest BCUT2D eigenvalue weighted by atomic mass is 9.67. The monoisotopic (exact) mass is 669 g/mol. The van der Waals surface area contributed by atoms with Crippen molar-refractivity contribution in [3.8, 4) is 16.8 Å². The Bertz CT molecular complexity index is 3040. The zero-order valence-electron chi connectivity index (χ0n) is 26.9. The van der Waals surface area contributed by atoms with Gasteiger partial charge in [0.1, 0.15) is 0 Å². The molecule has 1 spiro atoms. The first-order valence-electron chi connectivity index (χ1n) is 17.2. The Morgan fingerprint density at radius 3 is 1.92 bits per heavy atom. The molecule has 8 aromatic carbocycles. The molecule has 3 heterocycles. The Hall–Kier alpha value is -5.61. The molecule has 0 bridgehead atoms. The molecule has 1 aliphatic carbocycles. The van der Waals surface area contributed by atoms with Gasteiger partial charge in [0.2, 0.25) is 0 Å². The maximum atomic E-state index is 2.55. The Labute approximate surface area is 297 Å². The summed E-state index contributed by atoms with van der Waals surface area (Å²) in [6.45, 7) is 0. The van der Waals surface area contributed by atoms with Crippen molar-refractivity contribution in [2.75, 3.05) is 0 Å². The van der Waals surface area contributed by atoms with E-state index >= 15 is 0 Å². The summed E-state index contributed by atoms with van der Waals surface area (Å²) in [6.07, 6.45) is 0. The van der Waals surface area contributed by atoms with Gasteiger partial charge in [-0.15, -0.1) is 11.3 Å². The molecule has 1 nitrogen and oxygen atoms in total. The van der Waals surface area contributed by atoms with Gasteiger partial charge in [-0.3, -0.25) is 0 Å². The van der Waals surface area contributed by atoms with Crippen molar-refractivity contribution in [1.29, 1.82) is 0 Å². The Balaban J connectivity index is 1.24. The first-order chi connectivity index (χ1) is 24.8. The Morgan fingerprint density at radius 1 is 0.420 bits per heavy atom. The average molecular weight is 670 g/mol. The summed E-state index contributed by atoms with van der Waals surface area (Å²) in [4.78, 5) is 2.64. The maximum absolute atomic E-state index is 2.55. The van der Waals surface area contributed by atoms with E-state index in [1.807, 2.05) is 23.1 Å². The third kappa shape index (κ3) is 3.34. The SMILES string of the molecule is c1ccc2c(c1)Sc1cc3c(cc1C21c2ccccc2-c2ccccc21)c1ccc2ccccc2c1n3-c1ccc2c(c1)sc1ccccc12. The second kappa shape index (κ2) is 9.76. The molecule has 0 radical (unpaired) electrons. The number of benzene rings is 8. The summed E-state index contributed by atoms with van der Waals surface area (Å²) >= 11 is 3.80. The highest BCUT2D eigenvalue weighted by Gasteiger charge is 2.50. The quantitative estimate of drug-likeness (QED) is 0.168. The number of hydrogen-bond acceptors (Lipinski definition) is 2. The lowest BCUT2D eigenvalue weighted by molar-refractivity contribution is 0.724. The third-order valence-electron chi connectivity index (χ3n) is 11.2. The van der Waals surface area contributed by atoms with Crippen molar-refractivity contribution >= 4 is 75.8 Å². The zero-order valence-corrected chi connectivity index (χ0v) is 28.5. The summed E-state index contributed by atoms with van der Waals surface area (Å²) < 4.78 is 5.19. The molecule has 3 heteroatoms. The number of rotatable bonds is 1. The largest absolute Gasteiger partial charge is 0.309 e. The van der Waals surface area contributed by atoms with Crippen LogP contribution in [0.15, 0.2) is 174 Å². The van der Waals surface area contributed by atoms with Gasteiger partial charge in [-0.05, 0) is 75.2 Å². The molecule has 2 aliphatic rings. The smallest absolute Gasteiger partial charge is 0.0735 e. The van der Waals surface area contributed by atoms with Gasteiger partial charge in [0.05, 0.1) is 16.4 Å². The molecule has 10 aromatic rings. The lowest BCUT2D eigenvalue weighted by Crippen LogP contribution is -2.31.